The number of amides is 2. The number of aliphatic carboxylic acids is 1. The van der Waals surface area contributed by atoms with Gasteiger partial charge >= 0.3 is 12.0 Å². The molecule has 2 unspecified atom stereocenters. The average Bonchev–Trinajstić information content (AvgIpc) is 2.54. The number of carboxylic acids is 1. The summed E-state index contributed by atoms with van der Waals surface area (Å²) >= 11 is 0. The zero-order chi connectivity index (χ0) is 17.9. The van der Waals surface area contributed by atoms with Gasteiger partial charge in [0, 0.05) is 24.7 Å². The fourth-order valence-electron chi connectivity index (χ4n) is 2.82. The van der Waals surface area contributed by atoms with Crippen molar-refractivity contribution in [3.63, 3.8) is 0 Å². The first-order valence-electron chi connectivity index (χ1n) is 7.82. The zero-order valence-electron chi connectivity index (χ0n) is 13.7. The highest BCUT2D eigenvalue weighted by Gasteiger charge is 2.28. The Balaban J connectivity index is 2.05. The maximum atomic E-state index is 12.3. The fourth-order valence-corrected chi connectivity index (χ4v) is 2.82. The van der Waals surface area contributed by atoms with Crippen molar-refractivity contribution < 1.29 is 19.6 Å². The van der Waals surface area contributed by atoms with Gasteiger partial charge < -0.3 is 15.3 Å². The van der Waals surface area contributed by atoms with E-state index in [1.165, 1.54) is 11.0 Å². The van der Waals surface area contributed by atoms with Gasteiger partial charge in [0.15, 0.2) is 0 Å². The van der Waals surface area contributed by atoms with Crippen LogP contribution in [0.2, 0.25) is 0 Å². The largest absolute Gasteiger partial charge is 0.481 e. The molecule has 0 bridgehead atoms. The molecule has 2 N–H and O–H groups in total. The molecule has 1 aromatic rings. The lowest BCUT2D eigenvalue weighted by molar-refractivity contribution is -0.385. The number of nitro benzene ring substituents is 1. The van der Waals surface area contributed by atoms with Crippen molar-refractivity contribution in [2.24, 2.45) is 5.92 Å². The van der Waals surface area contributed by atoms with E-state index in [2.05, 4.69) is 5.32 Å². The minimum Gasteiger partial charge on any atom is -0.481 e. The van der Waals surface area contributed by atoms with Crippen LogP contribution in [0.4, 0.5) is 10.5 Å². The molecule has 0 aromatic heterocycles. The number of aryl methyl sites for hydroxylation is 1. The molecule has 0 spiro atoms. The Kier molecular flexibility index (Phi) is 5.38. The summed E-state index contributed by atoms with van der Waals surface area (Å²) in [6.45, 7) is 4.09. The number of piperidine rings is 1. The molecule has 2 rings (SSSR count). The topological polar surface area (TPSA) is 113 Å². The summed E-state index contributed by atoms with van der Waals surface area (Å²) in [6.07, 6.45) is 1.22. The zero-order valence-corrected chi connectivity index (χ0v) is 13.7. The van der Waals surface area contributed by atoms with E-state index in [9.17, 15) is 19.7 Å². The first kappa shape index (κ1) is 17.7. The maximum absolute atomic E-state index is 12.3. The minimum absolute atomic E-state index is 0.0116. The summed E-state index contributed by atoms with van der Waals surface area (Å²) in [5.41, 5.74) is 1.20. The number of rotatable bonds is 4. The number of carbonyl (C=O) groups is 2. The molecule has 8 heteroatoms. The van der Waals surface area contributed by atoms with Gasteiger partial charge in [0.05, 0.1) is 16.9 Å². The van der Waals surface area contributed by atoms with Crippen molar-refractivity contribution in [2.75, 3.05) is 13.1 Å². The summed E-state index contributed by atoms with van der Waals surface area (Å²) in [5, 5.41) is 22.9. The second-order valence-electron chi connectivity index (χ2n) is 6.10. The van der Waals surface area contributed by atoms with E-state index < -0.39 is 22.9 Å². The average molecular weight is 335 g/mol. The van der Waals surface area contributed by atoms with Crippen LogP contribution >= 0.6 is 0 Å². The van der Waals surface area contributed by atoms with Crippen LogP contribution in [0.25, 0.3) is 0 Å². The lowest BCUT2D eigenvalue weighted by Crippen LogP contribution is -2.47. The Bertz CT molecular complexity index is 661. The van der Waals surface area contributed by atoms with Crippen LogP contribution in [-0.4, -0.2) is 40.0 Å². The van der Waals surface area contributed by atoms with Gasteiger partial charge in [0.25, 0.3) is 5.69 Å². The highest BCUT2D eigenvalue weighted by atomic mass is 16.6. The van der Waals surface area contributed by atoms with E-state index in [1.807, 2.05) is 0 Å². The third kappa shape index (κ3) is 4.01. The molecule has 24 heavy (non-hydrogen) atoms. The molecular weight excluding hydrogens is 314 g/mol. The Labute approximate surface area is 139 Å². The number of urea groups is 1. The van der Waals surface area contributed by atoms with Gasteiger partial charge in [-0.2, -0.15) is 0 Å². The molecule has 1 aliphatic heterocycles. The van der Waals surface area contributed by atoms with Gasteiger partial charge in [0.2, 0.25) is 0 Å². The van der Waals surface area contributed by atoms with Gasteiger partial charge in [0.1, 0.15) is 0 Å². The first-order chi connectivity index (χ1) is 11.3. The molecule has 1 aromatic carbocycles. The van der Waals surface area contributed by atoms with E-state index >= 15 is 0 Å². The summed E-state index contributed by atoms with van der Waals surface area (Å²) in [4.78, 5) is 35.5. The van der Waals surface area contributed by atoms with Gasteiger partial charge in [-0.15, -0.1) is 0 Å². The molecule has 2 atom stereocenters. The van der Waals surface area contributed by atoms with Crippen molar-refractivity contribution in [1.29, 1.82) is 0 Å². The van der Waals surface area contributed by atoms with Crippen LogP contribution in [0.15, 0.2) is 18.2 Å². The van der Waals surface area contributed by atoms with E-state index in [-0.39, 0.29) is 18.3 Å². The SMILES string of the molecule is Cc1ccc(C(C)NC(=O)N2CCCC(C(=O)O)C2)cc1[N+](=O)[O-]. The number of nitro groups is 1. The van der Waals surface area contributed by atoms with Crippen LogP contribution < -0.4 is 5.32 Å². The predicted molar refractivity (Wildman–Crippen MR) is 86.7 cm³/mol. The molecule has 0 aliphatic carbocycles. The van der Waals surface area contributed by atoms with Crippen LogP contribution in [0.5, 0.6) is 0 Å². The number of hydrogen-bond acceptors (Lipinski definition) is 4. The molecule has 1 saturated heterocycles. The molecule has 0 saturated carbocycles. The van der Waals surface area contributed by atoms with Crippen LogP contribution in [0.3, 0.4) is 0 Å². The number of nitrogens with zero attached hydrogens (tertiary/aromatic N) is 2. The smallest absolute Gasteiger partial charge is 0.317 e. The summed E-state index contributed by atoms with van der Waals surface area (Å²) in [7, 11) is 0. The Morgan fingerprint density at radius 3 is 2.79 bits per heavy atom. The van der Waals surface area contributed by atoms with Crippen molar-refractivity contribution in [3.8, 4) is 0 Å². The van der Waals surface area contributed by atoms with Crippen LogP contribution in [0, 0.1) is 23.0 Å². The third-order valence-electron chi connectivity index (χ3n) is 4.33. The van der Waals surface area contributed by atoms with Gasteiger partial charge in [-0.05, 0) is 32.3 Å². The molecule has 1 heterocycles. The van der Waals surface area contributed by atoms with Crippen LogP contribution in [-0.2, 0) is 4.79 Å². The standard InChI is InChI=1S/C16H21N3O5/c1-10-5-6-12(8-14(10)19(23)24)11(2)17-16(22)18-7-3-4-13(9-18)15(20)21/h5-6,8,11,13H,3-4,7,9H2,1-2H3,(H,17,22)(H,20,21). The number of carbonyl (C=O) groups excluding carboxylic acids is 1. The molecule has 1 fully saturated rings. The summed E-state index contributed by atoms with van der Waals surface area (Å²) < 4.78 is 0. The van der Waals surface area contributed by atoms with Gasteiger partial charge in [-0.1, -0.05) is 12.1 Å². The molecule has 1 aliphatic rings. The van der Waals surface area contributed by atoms with E-state index in [0.29, 0.717) is 30.5 Å². The van der Waals surface area contributed by atoms with E-state index in [0.717, 1.165) is 0 Å². The second kappa shape index (κ2) is 7.29. The molecule has 2 amide bonds. The highest BCUT2D eigenvalue weighted by molar-refractivity contribution is 5.77. The highest BCUT2D eigenvalue weighted by Crippen LogP contribution is 2.24. The Morgan fingerprint density at radius 2 is 2.17 bits per heavy atom. The summed E-state index contributed by atoms with van der Waals surface area (Å²) in [6, 6.07) is 4.08. The molecule has 0 radical (unpaired) electrons. The lowest BCUT2D eigenvalue weighted by Gasteiger charge is -2.31. The first-order valence-corrected chi connectivity index (χ1v) is 7.82. The lowest BCUT2D eigenvalue weighted by atomic mass is 9.98. The number of carboxylic acid groups (broad SMARTS) is 1. The number of hydrogen-bond donors (Lipinski definition) is 2. The van der Waals surface area contributed by atoms with Crippen LogP contribution in [0.1, 0.15) is 36.9 Å². The van der Waals surface area contributed by atoms with Gasteiger partial charge in [-0.3, -0.25) is 14.9 Å². The number of nitrogens with one attached hydrogen (secondary N) is 1. The summed E-state index contributed by atoms with van der Waals surface area (Å²) in [5.74, 6) is -1.44. The van der Waals surface area contributed by atoms with Crippen molar-refractivity contribution in [3.05, 3.63) is 39.4 Å². The second-order valence-corrected chi connectivity index (χ2v) is 6.10. The third-order valence-corrected chi connectivity index (χ3v) is 4.33. The molecule has 8 nitrogen and oxygen atoms in total. The predicted octanol–water partition coefficient (Wildman–Crippen LogP) is 2.47. The molecular formula is C16H21N3O5. The van der Waals surface area contributed by atoms with Crippen molar-refractivity contribution in [1.82, 2.24) is 10.2 Å². The minimum atomic E-state index is -0.894. The Morgan fingerprint density at radius 1 is 1.46 bits per heavy atom. The monoisotopic (exact) mass is 335 g/mol. The molecule has 130 valence electrons. The number of likely N-dealkylation sites (tertiary alicyclic amines) is 1. The maximum Gasteiger partial charge on any atom is 0.317 e. The van der Waals surface area contributed by atoms with Crippen molar-refractivity contribution in [2.45, 2.75) is 32.7 Å². The quantitative estimate of drug-likeness (QED) is 0.648. The van der Waals surface area contributed by atoms with Crippen molar-refractivity contribution >= 4 is 17.7 Å². The van der Waals surface area contributed by atoms with Gasteiger partial charge in [-0.25, -0.2) is 4.79 Å². The fraction of sp³-hybridized carbons (Fsp3) is 0.500. The van der Waals surface area contributed by atoms with E-state index in [4.69, 9.17) is 5.11 Å². The normalized spacial score (nSPS) is 18.8. The number of benzene rings is 1. The van der Waals surface area contributed by atoms with E-state index in [1.54, 1.807) is 26.0 Å². The Hall–Kier alpha value is -2.64.